The van der Waals surface area contributed by atoms with Crippen LogP contribution in [0.15, 0.2) is 34.9 Å². The molecule has 0 amide bonds. The molecule has 0 aromatic rings. The normalized spacial score (nSPS) is 10.3. The summed E-state index contributed by atoms with van der Waals surface area (Å²) in [6, 6.07) is 0. The lowest BCUT2D eigenvalue weighted by molar-refractivity contribution is 0.194. The molecule has 0 saturated heterocycles. The van der Waals surface area contributed by atoms with Crippen LogP contribution in [-0.4, -0.2) is 19.8 Å². The summed E-state index contributed by atoms with van der Waals surface area (Å²) in [5.41, 5.74) is 3.68. The van der Waals surface area contributed by atoms with Gasteiger partial charge in [0.25, 0.3) is 0 Å². The molecule has 4 heteroatoms. The molecule has 0 saturated carbocycles. The van der Waals surface area contributed by atoms with E-state index in [9.17, 15) is 0 Å². The standard InChI is InChI=1S/C15H27O3P/c1-13(2)7-10-16-19(17-11-8-14(3)4)18-12-9-15(5)6/h7-9H,10-12H2,1-6H3. The monoisotopic (exact) mass is 286 g/mol. The molecule has 0 aromatic heterocycles. The first kappa shape index (κ1) is 18.5. The molecule has 19 heavy (non-hydrogen) atoms. The van der Waals surface area contributed by atoms with Crippen LogP contribution in [0.1, 0.15) is 41.5 Å². The van der Waals surface area contributed by atoms with Crippen molar-refractivity contribution in [1.29, 1.82) is 0 Å². The van der Waals surface area contributed by atoms with Gasteiger partial charge in [0.1, 0.15) is 0 Å². The van der Waals surface area contributed by atoms with E-state index in [0.717, 1.165) is 0 Å². The van der Waals surface area contributed by atoms with Crippen LogP contribution in [0.4, 0.5) is 0 Å². The fourth-order valence-electron chi connectivity index (χ4n) is 0.906. The smallest absolute Gasteiger partial charge is 0.308 e. The molecular weight excluding hydrogens is 259 g/mol. The van der Waals surface area contributed by atoms with E-state index in [1.165, 1.54) is 16.7 Å². The zero-order valence-electron chi connectivity index (χ0n) is 13.0. The second kappa shape index (κ2) is 11.4. The van der Waals surface area contributed by atoms with Gasteiger partial charge in [-0.15, -0.1) is 0 Å². The van der Waals surface area contributed by atoms with E-state index in [1.54, 1.807) is 0 Å². The third-order valence-electron chi connectivity index (χ3n) is 2.01. The average molecular weight is 286 g/mol. The number of rotatable bonds is 9. The van der Waals surface area contributed by atoms with Crippen molar-refractivity contribution >= 4 is 8.60 Å². The Morgan fingerprint density at radius 3 is 1.11 bits per heavy atom. The van der Waals surface area contributed by atoms with Crippen molar-refractivity contribution in [2.24, 2.45) is 0 Å². The Hall–Kier alpha value is -0.470. The maximum atomic E-state index is 5.60. The topological polar surface area (TPSA) is 27.7 Å². The Labute approximate surface area is 119 Å². The number of hydrogen-bond donors (Lipinski definition) is 0. The molecule has 0 aliphatic heterocycles. The van der Waals surface area contributed by atoms with E-state index >= 15 is 0 Å². The molecule has 0 spiro atoms. The minimum absolute atomic E-state index is 0.525. The first-order valence-corrected chi connectivity index (χ1v) is 7.60. The van der Waals surface area contributed by atoms with E-state index in [1.807, 2.05) is 59.8 Å². The SMILES string of the molecule is CC(C)=CCOP(OCC=C(C)C)OCC=C(C)C. The Kier molecular flexibility index (Phi) is 11.1. The molecule has 110 valence electrons. The van der Waals surface area contributed by atoms with Gasteiger partial charge in [0, 0.05) is 0 Å². The zero-order valence-corrected chi connectivity index (χ0v) is 13.9. The Morgan fingerprint density at radius 2 is 0.895 bits per heavy atom. The summed E-state index contributed by atoms with van der Waals surface area (Å²) < 4.78 is 16.8. The van der Waals surface area contributed by atoms with Gasteiger partial charge in [-0.05, 0) is 41.5 Å². The maximum Gasteiger partial charge on any atom is 0.333 e. The molecule has 0 bridgehead atoms. The van der Waals surface area contributed by atoms with Crippen LogP contribution in [0.5, 0.6) is 0 Å². The predicted octanol–water partition coefficient (Wildman–Crippen LogP) is 5.16. The molecule has 0 aliphatic rings. The van der Waals surface area contributed by atoms with E-state index in [-0.39, 0.29) is 0 Å². The van der Waals surface area contributed by atoms with Gasteiger partial charge >= 0.3 is 8.60 Å². The van der Waals surface area contributed by atoms with Gasteiger partial charge in [0.2, 0.25) is 0 Å². The zero-order chi connectivity index (χ0) is 14.7. The molecule has 0 heterocycles. The molecule has 0 radical (unpaired) electrons. The fourth-order valence-corrected chi connectivity index (χ4v) is 1.72. The first-order valence-electron chi connectivity index (χ1n) is 6.50. The lowest BCUT2D eigenvalue weighted by Gasteiger charge is -2.14. The summed E-state index contributed by atoms with van der Waals surface area (Å²) in [5, 5.41) is 0. The number of hydrogen-bond acceptors (Lipinski definition) is 3. The Bertz CT molecular complexity index is 268. The van der Waals surface area contributed by atoms with Gasteiger partial charge in [-0.3, -0.25) is 0 Å². The van der Waals surface area contributed by atoms with Crippen molar-refractivity contribution in [2.45, 2.75) is 41.5 Å². The lowest BCUT2D eigenvalue weighted by atomic mass is 10.3. The molecule has 0 fully saturated rings. The average Bonchev–Trinajstić information content (AvgIpc) is 2.26. The summed E-state index contributed by atoms with van der Waals surface area (Å²) in [7, 11) is -1.29. The van der Waals surface area contributed by atoms with Crippen molar-refractivity contribution < 1.29 is 13.6 Å². The van der Waals surface area contributed by atoms with Crippen molar-refractivity contribution in [2.75, 3.05) is 19.8 Å². The highest BCUT2D eigenvalue weighted by molar-refractivity contribution is 7.41. The summed E-state index contributed by atoms with van der Waals surface area (Å²) in [6.07, 6.45) is 6.05. The highest BCUT2D eigenvalue weighted by Crippen LogP contribution is 2.39. The van der Waals surface area contributed by atoms with E-state index in [0.29, 0.717) is 19.8 Å². The van der Waals surface area contributed by atoms with Gasteiger partial charge < -0.3 is 13.6 Å². The molecular formula is C15H27O3P. The summed E-state index contributed by atoms with van der Waals surface area (Å²) in [5.74, 6) is 0. The first-order chi connectivity index (χ1) is 8.91. The molecule has 0 rings (SSSR count). The minimum Gasteiger partial charge on any atom is -0.308 e. The molecule has 3 nitrogen and oxygen atoms in total. The second-order valence-electron chi connectivity index (χ2n) is 4.96. The van der Waals surface area contributed by atoms with Crippen LogP contribution in [-0.2, 0) is 13.6 Å². The van der Waals surface area contributed by atoms with Crippen molar-refractivity contribution in [3.05, 3.63) is 34.9 Å². The van der Waals surface area contributed by atoms with Crippen molar-refractivity contribution in [3.8, 4) is 0 Å². The van der Waals surface area contributed by atoms with Gasteiger partial charge in [-0.25, -0.2) is 0 Å². The van der Waals surface area contributed by atoms with Gasteiger partial charge in [-0.2, -0.15) is 0 Å². The second-order valence-corrected chi connectivity index (χ2v) is 6.18. The molecule has 0 aliphatic carbocycles. The van der Waals surface area contributed by atoms with Gasteiger partial charge in [-0.1, -0.05) is 34.9 Å². The van der Waals surface area contributed by atoms with E-state index in [2.05, 4.69) is 0 Å². The molecule has 0 atom stereocenters. The van der Waals surface area contributed by atoms with Gasteiger partial charge in [0.05, 0.1) is 19.8 Å². The van der Waals surface area contributed by atoms with Gasteiger partial charge in [0.15, 0.2) is 0 Å². The van der Waals surface area contributed by atoms with Crippen LogP contribution in [0.2, 0.25) is 0 Å². The lowest BCUT2D eigenvalue weighted by Crippen LogP contribution is -1.97. The third kappa shape index (κ3) is 13.8. The predicted molar refractivity (Wildman–Crippen MR) is 83.1 cm³/mol. The number of allylic oxidation sites excluding steroid dienone is 3. The third-order valence-corrected chi connectivity index (χ3v) is 3.09. The van der Waals surface area contributed by atoms with Crippen LogP contribution in [0.25, 0.3) is 0 Å². The maximum absolute atomic E-state index is 5.60. The Morgan fingerprint density at radius 1 is 0.632 bits per heavy atom. The van der Waals surface area contributed by atoms with Crippen LogP contribution >= 0.6 is 8.60 Å². The summed E-state index contributed by atoms with van der Waals surface area (Å²) in [6.45, 7) is 13.8. The summed E-state index contributed by atoms with van der Waals surface area (Å²) in [4.78, 5) is 0. The Balaban J connectivity index is 4.17. The largest absolute Gasteiger partial charge is 0.333 e. The van der Waals surface area contributed by atoms with Crippen LogP contribution < -0.4 is 0 Å². The van der Waals surface area contributed by atoms with E-state index in [4.69, 9.17) is 13.6 Å². The van der Waals surface area contributed by atoms with Crippen LogP contribution in [0, 0.1) is 0 Å². The van der Waals surface area contributed by atoms with Crippen molar-refractivity contribution in [1.82, 2.24) is 0 Å². The molecule has 0 aromatic carbocycles. The van der Waals surface area contributed by atoms with Crippen molar-refractivity contribution in [3.63, 3.8) is 0 Å². The highest BCUT2D eigenvalue weighted by atomic mass is 31.2. The van der Waals surface area contributed by atoms with E-state index < -0.39 is 8.60 Å². The quantitative estimate of drug-likeness (QED) is 0.433. The highest BCUT2D eigenvalue weighted by Gasteiger charge is 2.10. The summed E-state index contributed by atoms with van der Waals surface area (Å²) >= 11 is 0. The minimum atomic E-state index is -1.29. The molecule has 0 unspecified atom stereocenters. The molecule has 0 N–H and O–H groups in total. The van der Waals surface area contributed by atoms with Crippen LogP contribution in [0.3, 0.4) is 0 Å². The fraction of sp³-hybridized carbons (Fsp3) is 0.600.